The Balaban J connectivity index is 1.58. The van der Waals surface area contributed by atoms with Crippen LogP contribution < -0.4 is 10.6 Å². The number of rotatable bonds is 9. The molecule has 2 aromatic rings. The van der Waals surface area contributed by atoms with Crippen molar-refractivity contribution in [3.05, 3.63) is 48.3 Å². The van der Waals surface area contributed by atoms with E-state index in [-0.39, 0.29) is 0 Å². The fraction of sp³-hybridized carbons (Fsp3) is 0.524. The second kappa shape index (κ2) is 9.55. The molecule has 146 valence electrons. The van der Waals surface area contributed by atoms with Gasteiger partial charge in [0.05, 0.1) is 18.4 Å². The summed E-state index contributed by atoms with van der Waals surface area (Å²) in [7, 11) is 1.78. The summed E-state index contributed by atoms with van der Waals surface area (Å²) in [5, 5.41) is 11.3. The van der Waals surface area contributed by atoms with Crippen LogP contribution in [0.15, 0.2) is 47.7 Å². The van der Waals surface area contributed by atoms with Gasteiger partial charge in [-0.1, -0.05) is 24.6 Å². The first kappa shape index (κ1) is 19.4. The van der Waals surface area contributed by atoms with E-state index in [9.17, 15) is 0 Å². The van der Waals surface area contributed by atoms with Crippen LogP contribution in [0.5, 0.6) is 0 Å². The number of nitrogens with zero attached hydrogens (tertiary/aromatic N) is 3. The lowest BCUT2D eigenvalue weighted by Gasteiger charge is -2.42. The van der Waals surface area contributed by atoms with Crippen molar-refractivity contribution >= 4 is 5.96 Å². The zero-order valence-corrected chi connectivity index (χ0v) is 16.4. The Labute approximate surface area is 162 Å². The van der Waals surface area contributed by atoms with Crippen LogP contribution in [0.25, 0.3) is 5.69 Å². The van der Waals surface area contributed by atoms with Crippen molar-refractivity contribution < 1.29 is 4.74 Å². The third kappa shape index (κ3) is 5.32. The van der Waals surface area contributed by atoms with Crippen molar-refractivity contribution in [3.8, 4) is 5.69 Å². The van der Waals surface area contributed by atoms with Gasteiger partial charge in [0.1, 0.15) is 0 Å². The third-order valence-electron chi connectivity index (χ3n) is 5.30. The van der Waals surface area contributed by atoms with E-state index in [1.807, 2.05) is 47.4 Å². The predicted molar refractivity (Wildman–Crippen MR) is 109 cm³/mol. The van der Waals surface area contributed by atoms with Gasteiger partial charge in [0, 0.05) is 38.6 Å². The van der Waals surface area contributed by atoms with Crippen LogP contribution in [0.3, 0.4) is 0 Å². The normalized spacial score (nSPS) is 16.0. The van der Waals surface area contributed by atoms with Gasteiger partial charge in [-0.25, -0.2) is 9.67 Å². The van der Waals surface area contributed by atoms with Crippen LogP contribution in [0.1, 0.15) is 38.2 Å². The molecule has 6 nitrogen and oxygen atoms in total. The molecule has 1 aromatic carbocycles. The molecule has 1 fully saturated rings. The monoisotopic (exact) mass is 369 g/mol. The average Bonchev–Trinajstić information content (AvgIpc) is 3.14. The number of aromatic nitrogens is 2. The van der Waals surface area contributed by atoms with Gasteiger partial charge >= 0.3 is 0 Å². The van der Waals surface area contributed by atoms with E-state index in [1.54, 1.807) is 7.11 Å². The molecule has 0 atom stereocenters. The molecule has 0 spiro atoms. The Kier molecular flexibility index (Phi) is 6.87. The van der Waals surface area contributed by atoms with Gasteiger partial charge < -0.3 is 15.4 Å². The van der Waals surface area contributed by atoms with Gasteiger partial charge in [0.15, 0.2) is 5.96 Å². The van der Waals surface area contributed by atoms with Crippen molar-refractivity contribution in [2.24, 2.45) is 10.4 Å². The van der Waals surface area contributed by atoms with Crippen molar-refractivity contribution in [2.75, 3.05) is 26.8 Å². The molecule has 0 bridgehead atoms. The second-order valence-corrected chi connectivity index (χ2v) is 7.27. The van der Waals surface area contributed by atoms with E-state index in [2.05, 4.69) is 22.7 Å². The molecule has 0 aliphatic heterocycles. The van der Waals surface area contributed by atoms with Crippen LogP contribution in [-0.2, 0) is 11.3 Å². The lowest BCUT2D eigenvalue weighted by atomic mass is 9.67. The SMILES string of the molecule is CCNC(=NCc1cnn(-c2ccccc2)c1)NCC1(CCOC)CCC1. The van der Waals surface area contributed by atoms with E-state index < -0.39 is 0 Å². The highest BCUT2D eigenvalue weighted by Crippen LogP contribution is 2.43. The second-order valence-electron chi connectivity index (χ2n) is 7.27. The van der Waals surface area contributed by atoms with Gasteiger partial charge in [0.2, 0.25) is 0 Å². The molecule has 1 saturated carbocycles. The van der Waals surface area contributed by atoms with Crippen LogP contribution >= 0.6 is 0 Å². The minimum atomic E-state index is 0.365. The number of aliphatic imine (C=N–C) groups is 1. The number of methoxy groups -OCH3 is 1. The zero-order valence-electron chi connectivity index (χ0n) is 16.4. The van der Waals surface area contributed by atoms with Gasteiger partial charge in [-0.2, -0.15) is 5.10 Å². The van der Waals surface area contributed by atoms with Crippen LogP contribution in [-0.4, -0.2) is 42.5 Å². The molecular weight excluding hydrogens is 338 g/mol. The number of hydrogen-bond donors (Lipinski definition) is 2. The van der Waals surface area contributed by atoms with Crippen LogP contribution in [0.4, 0.5) is 0 Å². The maximum absolute atomic E-state index is 5.29. The van der Waals surface area contributed by atoms with Crippen molar-refractivity contribution in [1.29, 1.82) is 0 Å². The number of benzene rings is 1. The summed E-state index contributed by atoms with van der Waals surface area (Å²) < 4.78 is 7.18. The number of guanidine groups is 1. The first-order valence-corrected chi connectivity index (χ1v) is 9.85. The Bertz CT molecular complexity index is 721. The Morgan fingerprint density at radius 2 is 2.07 bits per heavy atom. The number of ether oxygens (including phenoxy) is 1. The molecule has 1 aliphatic rings. The Hall–Kier alpha value is -2.34. The molecule has 0 amide bonds. The highest BCUT2D eigenvalue weighted by molar-refractivity contribution is 5.79. The number of nitrogens with one attached hydrogen (secondary N) is 2. The summed E-state index contributed by atoms with van der Waals surface area (Å²) in [5.74, 6) is 0.869. The fourth-order valence-corrected chi connectivity index (χ4v) is 3.46. The standard InChI is InChI=1S/C21H31N5O/c1-3-22-20(24-17-21(10-7-11-21)12-13-27-2)23-14-18-15-25-26(16-18)19-8-5-4-6-9-19/h4-6,8-9,15-16H,3,7,10-14,17H2,1-2H3,(H2,22,23,24). The predicted octanol–water partition coefficient (Wildman–Crippen LogP) is 3.13. The van der Waals surface area contributed by atoms with E-state index >= 15 is 0 Å². The summed E-state index contributed by atoms with van der Waals surface area (Å²) in [5.41, 5.74) is 2.52. The smallest absolute Gasteiger partial charge is 0.191 e. The molecule has 1 heterocycles. The van der Waals surface area contributed by atoms with E-state index in [0.29, 0.717) is 12.0 Å². The molecule has 0 radical (unpaired) electrons. The highest BCUT2D eigenvalue weighted by Gasteiger charge is 2.36. The van der Waals surface area contributed by atoms with Gasteiger partial charge in [-0.15, -0.1) is 0 Å². The number of hydrogen-bond acceptors (Lipinski definition) is 3. The van der Waals surface area contributed by atoms with Gasteiger partial charge in [-0.05, 0) is 43.7 Å². The summed E-state index contributed by atoms with van der Waals surface area (Å²) >= 11 is 0. The summed E-state index contributed by atoms with van der Waals surface area (Å²) in [6, 6.07) is 10.1. The zero-order chi connectivity index (χ0) is 19.0. The molecule has 6 heteroatoms. The Morgan fingerprint density at radius 1 is 1.26 bits per heavy atom. The molecule has 3 rings (SSSR count). The van der Waals surface area contributed by atoms with Crippen LogP contribution in [0, 0.1) is 5.41 Å². The quantitative estimate of drug-likeness (QED) is 0.526. The summed E-state index contributed by atoms with van der Waals surface area (Å²) in [6.45, 7) is 5.32. The first-order valence-electron chi connectivity index (χ1n) is 9.85. The average molecular weight is 370 g/mol. The maximum Gasteiger partial charge on any atom is 0.191 e. The van der Waals surface area contributed by atoms with Crippen molar-refractivity contribution in [2.45, 2.75) is 39.2 Å². The minimum Gasteiger partial charge on any atom is -0.385 e. The van der Waals surface area contributed by atoms with Gasteiger partial charge in [0.25, 0.3) is 0 Å². The van der Waals surface area contributed by atoms with E-state index in [1.165, 1.54) is 19.3 Å². The third-order valence-corrected chi connectivity index (χ3v) is 5.30. The first-order chi connectivity index (χ1) is 13.2. The molecule has 2 N–H and O–H groups in total. The van der Waals surface area contributed by atoms with Crippen LogP contribution in [0.2, 0.25) is 0 Å². The Morgan fingerprint density at radius 3 is 2.74 bits per heavy atom. The van der Waals surface area contributed by atoms with E-state index in [4.69, 9.17) is 9.73 Å². The summed E-state index contributed by atoms with van der Waals surface area (Å²) in [6.07, 6.45) is 8.89. The highest BCUT2D eigenvalue weighted by atomic mass is 16.5. The molecule has 27 heavy (non-hydrogen) atoms. The minimum absolute atomic E-state index is 0.365. The molecule has 0 unspecified atom stereocenters. The molecule has 0 saturated heterocycles. The van der Waals surface area contributed by atoms with E-state index in [0.717, 1.165) is 43.3 Å². The molecular formula is C21H31N5O. The topological polar surface area (TPSA) is 63.5 Å². The lowest BCUT2D eigenvalue weighted by Crippen LogP contribution is -2.46. The molecule has 1 aliphatic carbocycles. The van der Waals surface area contributed by atoms with Crippen molar-refractivity contribution in [1.82, 2.24) is 20.4 Å². The van der Waals surface area contributed by atoms with Gasteiger partial charge in [-0.3, -0.25) is 0 Å². The lowest BCUT2D eigenvalue weighted by molar-refractivity contribution is 0.0732. The fourth-order valence-electron chi connectivity index (χ4n) is 3.46. The van der Waals surface area contributed by atoms with Crippen molar-refractivity contribution in [3.63, 3.8) is 0 Å². The largest absolute Gasteiger partial charge is 0.385 e. The molecule has 1 aromatic heterocycles. The summed E-state index contributed by atoms with van der Waals surface area (Å²) in [4.78, 5) is 4.74. The maximum atomic E-state index is 5.29. The number of para-hydroxylation sites is 1.